The van der Waals surface area contributed by atoms with Gasteiger partial charge in [0, 0.05) is 0 Å². The van der Waals surface area contributed by atoms with Gasteiger partial charge in [-0.15, -0.1) is 0 Å². The van der Waals surface area contributed by atoms with Crippen LogP contribution in [-0.4, -0.2) is 23.8 Å². The third-order valence-corrected chi connectivity index (χ3v) is 1.24. The molecule has 1 aromatic heterocycles. The lowest BCUT2D eigenvalue weighted by Crippen LogP contribution is -2.04. The summed E-state index contributed by atoms with van der Waals surface area (Å²) < 4.78 is 0. The molecule has 60 valence electrons. The molecule has 4 nitrogen and oxygen atoms in total. The fraction of sp³-hybridized carbons (Fsp3) is 0.250. The van der Waals surface area contributed by atoms with Gasteiger partial charge in [0.05, 0.1) is 18.3 Å². The number of nitrogens with zero attached hydrogens (tertiary/aromatic N) is 2. The van der Waals surface area contributed by atoms with Gasteiger partial charge < -0.3 is 5.32 Å². The normalized spacial score (nSPS) is 8.33. The molecule has 0 unspecified atom stereocenters. The molecule has 4 heteroatoms. The Kier molecular flexibility index (Phi) is 2.89. The monoisotopic (exact) mass is 160 g/mol. The van der Waals surface area contributed by atoms with Gasteiger partial charge in [-0.1, -0.05) is 11.8 Å². The summed E-state index contributed by atoms with van der Waals surface area (Å²) >= 11 is 0. The summed E-state index contributed by atoms with van der Waals surface area (Å²) in [5.41, 5.74) is 1.06. The van der Waals surface area contributed by atoms with Crippen molar-refractivity contribution in [3.8, 4) is 17.9 Å². The van der Waals surface area contributed by atoms with Gasteiger partial charge in [0.15, 0.2) is 5.69 Å². The molecule has 1 rings (SSSR count). The highest BCUT2D eigenvalue weighted by Crippen LogP contribution is 1.98. The second-order valence-corrected chi connectivity index (χ2v) is 2.10. The SMILES string of the molecule is CNCC#Cc1cn[nH]c1C#N. The molecule has 0 saturated heterocycles. The molecule has 0 amide bonds. The second kappa shape index (κ2) is 4.17. The van der Waals surface area contributed by atoms with E-state index in [9.17, 15) is 0 Å². The number of rotatable bonds is 1. The minimum absolute atomic E-state index is 0.415. The molecule has 0 radical (unpaired) electrons. The summed E-state index contributed by atoms with van der Waals surface area (Å²) in [6, 6.07) is 1.96. The highest BCUT2D eigenvalue weighted by Gasteiger charge is 1.98. The summed E-state index contributed by atoms with van der Waals surface area (Å²) in [5.74, 6) is 5.66. The predicted molar refractivity (Wildman–Crippen MR) is 44.1 cm³/mol. The Morgan fingerprint density at radius 2 is 2.58 bits per heavy atom. The Labute approximate surface area is 70.6 Å². The van der Waals surface area contributed by atoms with Crippen molar-refractivity contribution in [1.29, 1.82) is 5.26 Å². The fourth-order valence-corrected chi connectivity index (χ4v) is 0.694. The maximum Gasteiger partial charge on any atom is 0.151 e. The average molecular weight is 160 g/mol. The molecule has 0 aliphatic carbocycles. The smallest absolute Gasteiger partial charge is 0.151 e. The van der Waals surface area contributed by atoms with Crippen LogP contribution >= 0.6 is 0 Å². The van der Waals surface area contributed by atoms with Gasteiger partial charge in [-0.05, 0) is 7.05 Å². The first-order valence-corrected chi connectivity index (χ1v) is 3.45. The van der Waals surface area contributed by atoms with E-state index in [1.165, 1.54) is 0 Å². The summed E-state index contributed by atoms with van der Waals surface area (Å²) in [6.45, 7) is 0.607. The molecule has 0 atom stereocenters. The quantitative estimate of drug-likeness (QED) is 0.561. The van der Waals surface area contributed by atoms with E-state index in [4.69, 9.17) is 5.26 Å². The summed E-state index contributed by atoms with van der Waals surface area (Å²) in [6.07, 6.45) is 1.54. The molecule has 0 spiro atoms. The van der Waals surface area contributed by atoms with E-state index >= 15 is 0 Å². The highest BCUT2D eigenvalue weighted by molar-refractivity contribution is 5.42. The molecule has 1 heterocycles. The third-order valence-electron chi connectivity index (χ3n) is 1.24. The van der Waals surface area contributed by atoms with Gasteiger partial charge in [-0.2, -0.15) is 10.4 Å². The lowest BCUT2D eigenvalue weighted by atomic mass is 10.3. The van der Waals surface area contributed by atoms with Gasteiger partial charge in [0.1, 0.15) is 6.07 Å². The van der Waals surface area contributed by atoms with Crippen molar-refractivity contribution in [2.24, 2.45) is 0 Å². The average Bonchev–Trinajstić information content (AvgIpc) is 2.52. The highest BCUT2D eigenvalue weighted by atomic mass is 15.1. The first-order chi connectivity index (χ1) is 5.88. The number of aromatic nitrogens is 2. The van der Waals surface area contributed by atoms with Gasteiger partial charge in [0.25, 0.3) is 0 Å². The molecule has 0 aromatic carbocycles. The zero-order valence-corrected chi connectivity index (χ0v) is 6.68. The number of hydrogen-bond donors (Lipinski definition) is 2. The standard InChI is InChI=1S/C8H8N4/c1-10-4-2-3-7-6-11-12-8(7)5-9/h6,10H,4H2,1H3,(H,11,12). The lowest BCUT2D eigenvalue weighted by molar-refractivity contribution is 0.938. The van der Waals surface area contributed by atoms with Crippen molar-refractivity contribution < 1.29 is 0 Å². The maximum absolute atomic E-state index is 8.56. The largest absolute Gasteiger partial charge is 0.309 e. The Morgan fingerprint density at radius 1 is 1.75 bits per heavy atom. The number of aromatic amines is 1. The molecule has 2 N–H and O–H groups in total. The molecule has 0 aliphatic heterocycles. The van der Waals surface area contributed by atoms with E-state index in [1.807, 2.05) is 13.1 Å². The van der Waals surface area contributed by atoms with Crippen LogP contribution in [0.5, 0.6) is 0 Å². The number of nitrogens with one attached hydrogen (secondary N) is 2. The molecule has 12 heavy (non-hydrogen) atoms. The van der Waals surface area contributed by atoms with Crippen LogP contribution in [0.4, 0.5) is 0 Å². The van der Waals surface area contributed by atoms with Crippen LogP contribution in [0.25, 0.3) is 0 Å². The molecule has 0 fully saturated rings. The van der Waals surface area contributed by atoms with Crippen LogP contribution in [-0.2, 0) is 0 Å². The van der Waals surface area contributed by atoms with Crippen molar-refractivity contribution in [3.63, 3.8) is 0 Å². The van der Waals surface area contributed by atoms with Crippen molar-refractivity contribution in [1.82, 2.24) is 15.5 Å². The minimum Gasteiger partial charge on any atom is -0.309 e. The minimum atomic E-state index is 0.415. The lowest BCUT2D eigenvalue weighted by Gasteiger charge is -1.82. The Bertz CT molecular complexity index is 347. The number of nitriles is 1. The Balaban J connectivity index is 2.78. The summed E-state index contributed by atoms with van der Waals surface area (Å²) in [4.78, 5) is 0. The van der Waals surface area contributed by atoms with E-state index in [-0.39, 0.29) is 0 Å². The van der Waals surface area contributed by atoms with Crippen molar-refractivity contribution in [2.75, 3.05) is 13.6 Å². The van der Waals surface area contributed by atoms with Gasteiger partial charge in [-0.25, -0.2) is 0 Å². The molecule has 1 aromatic rings. The van der Waals surface area contributed by atoms with Gasteiger partial charge in [0.2, 0.25) is 0 Å². The second-order valence-electron chi connectivity index (χ2n) is 2.10. The summed E-state index contributed by atoms with van der Waals surface area (Å²) in [5, 5.41) is 17.7. The molecule has 0 saturated carbocycles. The molecule has 0 aliphatic rings. The van der Waals surface area contributed by atoms with Crippen LogP contribution in [0.1, 0.15) is 11.3 Å². The first-order valence-electron chi connectivity index (χ1n) is 3.45. The zero-order valence-electron chi connectivity index (χ0n) is 6.68. The molecular formula is C8H8N4. The number of hydrogen-bond acceptors (Lipinski definition) is 3. The van der Waals surface area contributed by atoms with E-state index in [1.54, 1.807) is 6.20 Å². The van der Waals surface area contributed by atoms with Crippen LogP contribution in [0.3, 0.4) is 0 Å². The van der Waals surface area contributed by atoms with Gasteiger partial charge in [-0.3, -0.25) is 5.10 Å². The fourth-order valence-electron chi connectivity index (χ4n) is 0.694. The Morgan fingerprint density at radius 3 is 3.25 bits per heavy atom. The molecule has 0 bridgehead atoms. The van der Waals surface area contributed by atoms with Crippen molar-refractivity contribution in [2.45, 2.75) is 0 Å². The topological polar surface area (TPSA) is 64.5 Å². The number of H-pyrrole nitrogens is 1. The van der Waals surface area contributed by atoms with Gasteiger partial charge >= 0.3 is 0 Å². The first kappa shape index (κ1) is 8.32. The molecular weight excluding hydrogens is 152 g/mol. The van der Waals surface area contributed by atoms with Crippen LogP contribution in [0, 0.1) is 23.2 Å². The zero-order chi connectivity index (χ0) is 8.81. The predicted octanol–water partition coefficient (Wildman–Crippen LogP) is -0.148. The summed E-state index contributed by atoms with van der Waals surface area (Å²) in [7, 11) is 1.81. The van der Waals surface area contributed by atoms with E-state index in [2.05, 4.69) is 27.4 Å². The van der Waals surface area contributed by atoms with Crippen molar-refractivity contribution in [3.05, 3.63) is 17.5 Å². The van der Waals surface area contributed by atoms with E-state index in [0.29, 0.717) is 17.8 Å². The van der Waals surface area contributed by atoms with E-state index < -0.39 is 0 Å². The Hall–Kier alpha value is -1.78. The maximum atomic E-state index is 8.56. The van der Waals surface area contributed by atoms with E-state index in [0.717, 1.165) is 0 Å². The van der Waals surface area contributed by atoms with Crippen LogP contribution in [0.2, 0.25) is 0 Å². The van der Waals surface area contributed by atoms with Crippen LogP contribution in [0.15, 0.2) is 6.20 Å². The van der Waals surface area contributed by atoms with Crippen LogP contribution < -0.4 is 5.32 Å². The van der Waals surface area contributed by atoms with Crippen molar-refractivity contribution >= 4 is 0 Å². The third kappa shape index (κ3) is 1.85.